The van der Waals surface area contributed by atoms with Gasteiger partial charge in [0.15, 0.2) is 0 Å². The van der Waals surface area contributed by atoms with Crippen LogP contribution in [0.4, 0.5) is 0 Å². The van der Waals surface area contributed by atoms with Crippen LogP contribution in [0.5, 0.6) is 0 Å². The van der Waals surface area contributed by atoms with Crippen LogP contribution in [0.2, 0.25) is 0 Å². The van der Waals surface area contributed by atoms with Crippen molar-refractivity contribution < 1.29 is 9.53 Å². The van der Waals surface area contributed by atoms with Crippen LogP contribution in [0, 0.1) is 0 Å². The molecular formula is C15H20N4O2. The number of carbonyl (C=O) groups excluding carboxylic acids is 1. The number of hydrogen-bond acceptors (Lipinski definition) is 5. The van der Waals surface area contributed by atoms with Gasteiger partial charge in [0, 0.05) is 38.6 Å². The summed E-state index contributed by atoms with van der Waals surface area (Å²) in [5, 5.41) is 3.25. The Morgan fingerprint density at radius 2 is 2.43 bits per heavy atom. The van der Waals surface area contributed by atoms with E-state index in [0.29, 0.717) is 19.7 Å². The van der Waals surface area contributed by atoms with Crippen molar-refractivity contribution in [1.29, 1.82) is 0 Å². The van der Waals surface area contributed by atoms with Gasteiger partial charge in [-0.15, -0.1) is 0 Å². The number of rotatable bonds is 4. The molecule has 3 rings (SSSR count). The van der Waals surface area contributed by atoms with Crippen molar-refractivity contribution in [1.82, 2.24) is 19.6 Å². The minimum absolute atomic E-state index is 0.159. The van der Waals surface area contributed by atoms with Crippen LogP contribution >= 0.6 is 0 Å². The van der Waals surface area contributed by atoms with Gasteiger partial charge in [-0.1, -0.05) is 6.07 Å². The normalized spacial score (nSPS) is 19.8. The summed E-state index contributed by atoms with van der Waals surface area (Å²) in [5.41, 5.74) is 1.90. The fraction of sp³-hybridized carbons (Fsp3) is 0.467. The minimum atomic E-state index is -0.233. The molecule has 0 radical (unpaired) electrons. The average Bonchev–Trinajstić information content (AvgIpc) is 2.90. The smallest absolute Gasteiger partial charge is 0.324 e. The number of aromatic nitrogens is 2. The van der Waals surface area contributed by atoms with Gasteiger partial charge < -0.3 is 14.5 Å². The quantitative estimate of drug-likeness (QED) is 0.838. The Morgan fingerprint density at radius 1 is 1.52 bits per heavy atom. The first-order valence-electron chi connectivity index (χ1n) is 7.32. The molecule has 6 heteroatoms. The maximum atomic E-state index is 12.0. The second kappa shape index (κ2) is 6.24. The third-order valence-electron chi connectivity index (χ3n) is 3.69. The molecule has 112 valence electrons. The molecule has 0 spiro atoms. The zero-order valence-electron chi connectivity index (χ0n) is 12.2. The fourth-order valence-corrected chi connectivity index (χ4v) is 2.68. The number of pyridine rings is 1. The van der Waals surface area contributed by atoms with Gasteiger partial charge in [-0.05, 0) is 19.1 Å². The number of nitrogens with zero attached hydrogens (tertiary/aromatic N) is 3. The lowest BCUT2D eigenvalue weighted by molar-refractivity contribution is -0.150. The van der Waals surface area contributed by atoms with E-state index >= 15 is 0 Å². The van der Waals surface area contributed by atoms with E-state index in [0.717, 1.165) is 24.4 Å². The van der Waals surface area contributed by atoms with E-state index < -0.39 is 0 Å². The number of piperazine rings is 1. The standard InChI is InChI=1S/C15H20N4O2/c1-2-21-15(20)13-9-16-6-8-18(13)10-12-11-19-7-4-3-5-14(19)17-12/h3-5,7,11,13,16H,2,6,8-10H2,1H3. The molecule has 0 aliphatic carbocycles. The molecule has 1 saturated heterocycles. The summed E-state index contributed by atoms with van der Waals surface area (Å²) >= 11 is 0. The number of hydrogen-bond donors (Lipinski definition) is 1. The Labute approximate surface area is 123 Å². The van der Waals surface area contributed by atoms with E-state index in [1.54, 1.807) is 0 Å². The van der Waals surface area contributed by atoms with Crippen LogP contribution in [-0.4, -0.2) is 52.5 Å². The molecule has 1 N–H and O–H groups in total. The summed E-state index contributed by atoms with van der Waals surface area (Å²) in [7, 11) is 0. The third kappa shape index (κ3) is 3.06. The summed E-state index contributed by atoms with van der Waals surface area (Å²) in [5.74, 6) is -0.159. The van der Waals surface area contributed by atoms with Crippen LogP contribution in [0.15, 0.2) is 30.6 Å². The maximum absolute atomic E-state index is 12.0. The summed E-state index contributed by atoms with van der Waals surface area (Å²) in [6, 6.07) is 5.69. The van der Waals surface area contributed by atoms with Crippen molar-refractivity contribution in [2.75, 3.05) is 26.2 Å². The van der Waals surface area contributed by atoms with Crippen LogP contribution in [0.1, 0.15) is 12.6 Å². The summed E-state index contributed by atoms with van der Waals surface area (Å²) in [6.45, 7) is 5.23. The van der Waals surface area contributed by atoms with E-state index in [4.69, 9.17) is 4.74 Å². The molecular weight excluding hydrogens is 268 g/mol. The Bertz CT molecular complexity index is 592. The Balaban J connectivity index is 1.75. The topological polar surface area (TPSA) is 58.9 Å². The summed E-state index contributed by atoms with van der Waals surface area (Å²) in [6.07, 6.45) is 3.99. The molecule has 0 amide bonds. The van der Waals surface area contributed by atoms with Gasteiger partial charge in [-0.2, -0.15) is 0 Å². The molecule has 0 aromatic carbocycles. The molecule has 6 nitrogen and oxygen atoms in total. The first kappa shape index (κ1) is 14.0. The van der Waals surface area contributed by atoms with Crippen molar-refractivity contribution in [2.45, 2.75) is 19.5 Å². The zero-order valence-corrected chi connectivity index (χ0v) is 12.2. The predicted molar refractivity (Wildman–Crippen MR) is 78.9 cm³/mol. The minimum Gasteiger partial charge on any atom is -0.465 e. The van der Waals surface area contributed by atoms with Crippen molar-refractivity contribution >= 4 is 11.6 Å². The molecule has 21 heavy (non-hydrogen) atoms. The predicted octanol–water partition coefficient (Wildman–Crippen LogP) is 0.671. The summed E-state index contributed by atoms with van der Waals surface area (Å²) < 4.78 is 7.16. The second-order valence-electron chi connectivity index (χ2n) is 5.14. The monoisotopic (exact) mass is 288 g/mol. The lowest BCUT2D eigenvalue weighted by Gasteiger charge is -2.33. The van der Waals surface area contributed by atoms with E-state index in [2.05, 4.69) is 15.2 Å². The largest absolute Gasteiger partial charge is 0.465 e. The van der Waals surface area contributed by atoms with Gasteiger partial charge in [0.25, 0.3) is 0 Å². The van der Waals surface area contributed by atoms with Crippen molar-refractivity contribution in [3.63, 3.8) is 0 Å². The molecule has 3 heterocycles. The van der Waals surface area contributed by atoms with Gasteiger partial charge in [-0.3, -0.25) is 9.69 Å². The van der Waals surface area contributed by atoms with E-state index in [1.165, 1.54) is 0 Å². The lowest BCUT2D eigenvalue weighted by Crippen LogP contribution is -2.54. The SMILES string of the molecule is CCOC(=O)C1CNCCN1Cc1cn2ccccc2n1. The highest BCUT2D eigenvalue weighted by molar-refractivity contribution is 5.76. The highest BCUT2D eigenvalue weighted by Gasteiger charge is 2.30. The number of imidazole rings is 1. The van der Waals surface area contributed by atoms with E-state index in [-0.39, 0.29) is 12.0 Å². The molecule has 1 fully saturated rings. The van der Waals surface area contributed by atoms with Crippen LogP contribution in [-0.2, 0) is 16.1 Å². The van der Waals surface area contributed by atoms with Gasteiger partial charge in [0.05, 0.1) is 12.3 Å². The molecule has 1 aliphatic heterocycles. The first-order valence-corrected chi connectivity index (χ1v) is 7.32. The van der Waals surface area contributed by atoms with Gasteiger partial charge in [0.2, 0.25) is 0 Å². The van der Waals surface area contributed by atoms with Gasteiger partial charge in [0.1, 0.15) is 11.7 Å². The second-order valence-corrected chi connectivity index (χ2v) is 5.14. The molecule has 2 aromatic heterocycles. The van der Waals surface area contributed by atoms with Crippen LogP contribution in [0.25, 0.3) is 5.65 Å². The van der Waals surface area contributed by atoms with E-state index in [1.807, 2.05) is 41.9 Å². The maximum Gasteiger partial charge on any atom is 0.324 e. The Hall–Kier alpha value is -1.92. The lowest BCUT2D eigenvalue weighted by atomic mass is 10.2. The van der Waals surface area contributed by atoms with E-state index in [9.17, 15) is 4.79 Å². The molecule has 0 saturated carbocycles. The number of nitrogens with one attached hydrogen (secondary N) is 1. The highest BCUT2D eigenvalue weighted by Crippen LogP contribution is 2.12. The highest BCUT2D eigenvalue weighted by atomic mass is 16.5. The Morgan fingerprint density at radius 3 is 3.24 bits per heavy atom. The van der Waals surface area contributed by atoms with Crippen LogP contribution < -0.4 is 5.32 Å². The first-order chi connectivity index (χ1) is 10.3. The fourth-order valence-electron chi connectivity index (χ4n) is 2.68. The molecule has 1 atom stereocenters. The number of esters is 1. The van der Waals surface area contributed by atoms with Crippen LogP contribution in [0.3, 0.4) is 0 Å². The summed E-state index contributed by atoms with van der Waals surface area (Å²) in [4.78, 5) is 18.8. The molecule has 0 bridgehead atoms. The van der Waals surface area contributed by atoms with Gasteiger partial charge >= 0.3 is 5.97 Å². The van der Waals surface area contributed by atoms with Crippen molar-refractivity contribution in [2.24, 2.45) is 0 Å². The number of fused-ring (bicyclic) bond motifs is 1. The number of ether oxygens (including phenoxy) is 1. The van der Waals surface area contributed by atoms with Crippen molar-refractivity contribution in [3.05, 3.63) is 36.3 Å². The molecule has 1 unspecified atom stereocenters. The molecule has 1 aliphatic rings. The zero-order chi connectivity index (χ0) is 14.7. The average molecular weight is 288 g/mol. The van der Waals surface area contributed by atoms with Gasteiger partial charge in [-0.25, -0.2) is 4.98 Å². The van der Waals surface area contributed by atoms with Crippen molar-refractivity contribution in [3.8, 4) is 0 Å². The third-order valence-corrected chi connectivity index (χ3v) is 3.69. The Kier molecular flexibility index (Phi) is 4.17. The number of carbonyl (C=O) groups is 1. The molecule has 2 aromatic rings.